The van der Waals surface area contributed by atoms with Crippen LogP contribution in [0.3, 0.4) is 0 Å². The second-order valence-electron chi connectivity index (χ2n) is 2.91. The zero-order valence-electron chi connectivity index (χ0n) is 8.39. The third-order valence-electron chi connectivity index (χ3n) is 1.42. The van der Waals surface area contributed by atoms with Crippen LogP contribution in [-0.2, 0) is 20.3 Å². The molecule has 0 amide bonds. The lowest BCUT2D eigenvalue weighted by Gasteiger charge is -1.96. The van der Waals surface area contributed by atoms with E-state index in [0.29, 0.717) is 0 Å². The van der Waals surface area contributed by atoms with E-state index >= 15 is 0 Å². The van der Waals surface area contributed by atoms with Crippen LogP contribution in [0.5, 0.6) is 0 Å². The van der Waals surface area contributed by atoms with E-state index < -0.39 is 15.8 Å². The third-order valence-corrected chi connectivity index (χ3v) is 2.19. The number of ether oxygens (including phenoxy) is 1. The molecule has 0 saturated heterocycles. The maximum atomic E-state index is 11.1. The van der Waals surface area contributed by atoms with Gasteiger partial charge < -0.3 is 9.15 Å². The molecular formula is C8H11NO5S. The van der Waals surface area contributed by atoms with E-state index in [4.69, 9.17) is 4.42 Å². The fourth-order valence-electron chi connectivity index (χ4n) is 0.898. The van der Waals surface area contributed by atoms with Crippen LogP contribution in [0, 0.1) is 0 Å². The molecule has 1 rings (SSSR count). The fraction of sp³-hybridized carbons (Fsp3) is 0.500. The molecule has 0 fully saturated rings. The fourth-order valence-corrected chi connectivity index (χ4v) is 1.48. The van der Waals surface area contributed by atoms with Crippen molar-refractivity contribution >= 4 is 15.8 Å². The van der Waals surface area contributed by atoms with Crippen molar-refractivity contribution in [3.05, 3.63) is 17.8 Å². The van der Waals surface area contributed by atoms with Crippen molar-refractivity contribution in [1.29, 1.82) is 0 Å². The number of sulfone groups is 1. The highest BCUT2D eigenvalue weighted by Gasteiger charge is 2.15. The largest absolute Gasteiger partial charge is 0.460 e. The first kappa shape index (κ1) is 11.7. The van der Waals surface area contributed by atoms with Gasteiger partial charge in [-0.15, -0.1) is 0 Å². The smallest absolute Gasteiger partial charge is 0.375 e. The molecule has 0 bridgehead atoms. The summed E-state index contributed by atoms with van der Waals surface area (Å²) in [5, 5.41) is 0. The van der Waals surface area contributed by atoms with Crippen molar-refractivity contribution < 1.29 is 22.4 Å². The van der Waals surface area contributed by atoms with Crippen molar-refractivity contribution in [3.8, 4) is 0 Å². The number of esters is 1. The van der Waals surface area contributed by atoms with Crippen molar-refractivity contribution in [2.24, 2.45) is 0 Å². The van der Waals surface area contributed by atoms with Crippen molar-refractivity contribution in [2.75, 3.05) is 12.9 Å². The molecule has 0 aliphatic heterocycles. The lowest BCUT2D eigenvalue weighted by Crippen LogP contribution is -2.03. The molecule has 0 radical (unpaired) electrons. The Morgan fingerprint density at radius 3 is 2.80 bits per heavy atom. The van der Waals surface area contributed by atoms with Gasteiger partial charge in [-0.3, -0.25) is 0 Å². The van der Waals surface area contributed by atoms with Gasteiger partial charge in [0.25, 0.3) is 0 Å². The summed E-state index contributed by atoms with van der Waals surface area (Å²) < 4.78 is 31.3. The summed E-state index contributed by atoms with van der Waals surface area (Å²) in [5.74, 6) is -1.08. The van der Waals surface area contributed by atoms with Crippen LogP contribution < -0.4 is 0 Å². The first-order valence-corrected chi connectivity index (χ1v) is 6.28. The molecule has 7 heteroatoms. The number of rotatable bonds is 4. The molecular weight excluding hydrogens is 222 g/mol. The van der Waals surface area contributed by atoms with Gasteiger partial charge >= 0.3 is 5.97 Å². The summed E-state index contributed by atoms with van der Waals surface area (Å²) in [6.45, 7) is 1.88. The topological polar surface area (TPSA) is 86.5 Å². The molecule has 0 spiro atoms. The number of carbonyl (C=O) groups is 1. The van der Waals surface area contributed by atoms with Gasteiger partial charge in [0.15, 0.2) is 9.84 Å². The SMILES string of the molecule is CCOC(=O)c1cnc(CS(C)(=O)=O)o1. The minimum atomic E-state index is -3.21. The first-order valence-electron chi connectivity index (χ1n) is 4.22. The molecule has 15 heavy (non-hydrogen) atoms. The molecule has 1 aromatic heterocycles. The standard InChI is InChI=1S/C8H11NO5S/c1-3-13-8(10)6-4-9-7(14-6)5-15(2,11)12/h4H,3,5H2,1-2H3. The molecule has 0 aliphatic rings. The van der Waals surface area contributed by atoms with Crippen molar-refractivity contribution in [2.45, 2.75) is 12.7 Å². The Hall–Kier alpha value is -1.37. The summed E-state index contributed by atoms with van der Waals surface area (Å²) in [5.41, 5.74) is 0. The molecule has 0 saturated carbocycles. The monoisotopic (exact) mass is 233 g/mol. The lowest BCUT2D eigenvalue weighted by atomic mass is 10.5. The number of nitrogens with zero attached hydrogens (tertiary/aromatic N) is 1. The van der Waals surface area contributed by atoms with Gasteiger partial charge in [-0.1, -0.05) is 0 Å². The van der Waals surface area contributed by atoms with E-state index in [-0.39, 0.29) is 24.0 Å². The van der Waals surface area contributed by atoms with E-state index in [2.05, 4.69) is 9.72 Å². The van der Waals surface area contributed by atoms with E-state index in [1.807, 2.05) is 0 Å². The average Bonchev–Trinajstić information content (AvgIpc) is 2.50. The van der Waals surface area contributed by atoms with Crippen LogP contribution in [0.4, 0.5) is 0 Å². The zero-order chi connectivity index (χ0) is 11.5. The lowest BCUT2D eigenvalue weighted by molar-refractivity contribution is 0.0488. The second-order valence-corrected chi connectivity index (χ2v) is 5.05. The van der Waals surface area contributed by atoms with Gasteiger partial charge in [0, 0.05) is 6.26 Å². The quantitative estimate of drug-likeness (QED) is 0.699. The molecule has 1 aromatic rings. The van der Waals surface area contributed by atoms with Gasteiger partial charge in [0.05, 0.1) is 12.8 Å². The zero-order valence-corrected chi connectivity index (χ0v) is 9.20. The van der Waals surface area contributed by atoms with E-state index in [1.54, 1.807) is 6.92 Å². The molecule has 0 unspecified atom stereocenters. The Balaban J connectivity index is 2.77. The predicted octanol–water partition coefficient (Wildman–Crippen LogP) is 0.396. The summed E-state index contributed by atoms with van der Waals surface area (Å²) in [7, 11) is -3.21. The second kappa shape index (κ2) is 4.43. The summed E-state index contributed by atoms with van der Waals surface area (Å²) in [6, 6.07) is 0. The predicted molar refractivity (Wildman–Crippen MR) is 51.0 cm³/mol. The normalized spacial score (nSPS) is 11.3. The molecule has 1 heterocycles. The summed E-state index contributed by atoms with van der Waals surface area (Å²) >= 11 is 0. The van der Waals surface area contributed by atoms with Crippen LogP contribution in [-0.4, -0.2) is 32.2 Å². The highest BCUT2D eigenvalue weighted by molar-refractivity contribution is 7.89. The van der Waals surface area contributed by atoms with Crippen molar-refractivity contribution in [1.82, 2.24) is 4.98 Å². The third kappa shape index (κ3) is 3.70. The Labute approximate surface area is 87.2 Å². The summed E-state index contributed by atoms with van der Waals surface area (Å²) in [4.78, 5) is 14.8. The molecule has 0 atom stereocenters. The molecule has 6 nitrogen and oxygen atoms in total. The van der Waals surface area contributed by atoms with Crippen molar-refractivity contribution in [3.63, 3.8) is 0 Å². The Morgan fingerprint density at radius 1 is 1.60 bits per heavy atom. The molecule has 0 aliphatic carbocycles. The average molecular weight is 233 g/mol. The number of hydrogen-bond donors (Lipinski definition) is 0. The number of oxazole rings is 1. The van der Waals surface area contributed by atoms with E-state index in [9.17, 15) is 13.2 Å². The number of hydrogen-bond acceptors (Lipinski definition) is 6. The Morgan fingerprint density at radius 2 is 2.27 bits per heavy atom. The summed E-state index contributed by atoms with van der Waals surface area (Å²) in [6.07, 6.45) is 2.21. The van der Waals surface area contributed by atoms with Gasteiger partial charge in [0.2, 0.25) is 11.7 Å². The van der Waals surface area contributed by atoms with E-state index in [1.165, 1.54) is 0 Å². The van der Waals surface area contributed by atoms with Gasteiger partial charge in [0.1, 0.15) is 5.75 Å². The van der Waals surface area contributed by atoms with Gasteiger partial charge in [-0.2, -0.15) is 0 Å². The number of aromatic nitrogens is 1. The molecule has 0 N–H and O–H groups in total. The van der Waals surface area contributed by atoms with Crippen LogP contribution in [0.2, 0.25) is 0 Å². The van der Waals surface area contributed by atoms with Gasteiger partial charge in [-0.05, 0) is 6.92 Å². The highest BCUT2D eigenvalue weighted by Crippen LogP contribution is 2.08. The first-order chi connectivity index (χ1) is 6.92. The minimum absolute atomic E-state index is 0.0134. The van der Waals surface area contributed by atoms with Crippen LogP contribution in [0.25, 0.3) is 0 Å². The Kier molecular flexibility index (Phi) is 3.46. The maximum Gasteiger partial charge on any atom is 0.375 e. The van der Waals surface area contributed by atoms with Crippen LogP contribution in [0.15, 0.2) is 10.6 Å². The van der Waals surface area contributed by atoms with Crippen LogP contribution >= 0.6 is 0 Å². The molecule has 0 aromatic carbocycles. The van der Waals surface area contributed by atoms with Gasteiger partial charge in [-0.25, -0.2) is 18.2 Å². The maximum absolute atomic E-state index is 11.1. The van der Waals surface area contributed by atoms with Crippen LogP contribution in [0.1, 0.15) is 23.4 Å². The molecule has 84 valence electrons. The Bertz CT molecular complexity index is 447. The highest BCUT2D eigenvalue weighted by atomic mass is 32.2. The minimum Gasteiger partial charge on any atom is -0.460 e. The number of carbonyl (C=O) groups excluding carboxylic acids is 1. The van der Waals surface area contributed by atoms with E-state index in [0.717, 1.165) is 12.5 Å².